The van der Waals surface area contributed by atoms with E-state index in [0.29, 0.717) is 0 Å². The fraction of sp³-hybridized carbons (Fsp3) is 0.333. The number of hydrogen-bond donors (Lipinski definition) is 1. The minimum atomic E-state index is 0.208. The van der Waals surface area contributed by atoms with E-state index in [4.69, 9.17) is 5.53 Å². The summed E-state index contributed by atoms with van der Waals surface area (Å²) >= 11 is 0. The quantitative estimate of drug-likeness (QED) is 0.346. The Morgan fingerprint density at radius 1 is 2.00 bits per heavy atom. The molecule has 0 amide bonds. The molecule has 5 heavy (non-hydrogen) atoms. The van der Waals surface area contributed by atoms with Crippen molar-refractivity contribution in [3.8, 4) is 12.3 Å². The van der Waals surface area contributed by atoms with Gasteiger partial charge in [0.25, 0.3) is 0 Å². The first kappa shape index (κ1) is 4.16. The molecule has 0 aromatic carbocycles. The van der Waals surface area contributed by atoms with Gasteiger partial charge in [0.2, 0.25) is 0 Å². The second-order valence-corrected chi connectivity index (χ2v) is 0.520. The number of nitrogens with one attached hydrogen (secondary N) is 1. The molecule has 0 atom stereocenters. The van der Waals surface area contributed by atoms with Crippen LogP contribution in [0.5, 0.6) is 0 Å². The summed E-state index contributed by atoms with van der Waals surface area (Å²) in [6, 6.07) is 0. The van der Waals surface area contributed by atoms with E-state index < -0.39 is 0 Å². The number of hydrogen-bond acceptors (Lipinski definition) is 2. The van der Waals surface area contributed by atoms with Crippen LogP contribution in [-0.4, -0.2) is 6.54 Å². The van der Waals surface area contributed by atoms with Crippen molar-refractivity contribution >= 4 is 0 Å². The maximum absolute atomic E-state index is 6.09. The van der Waals surface area contributed by atoms with Crippen molar-refractivity contribution in [3.63, 3.8) is 0 Å². The summed E-state index contributed by atoms with van der Waals surface area (Å²) in [7, 11) is 0. The fourth-order valence-electron chi connectivity index (χ4n) is 0.0456. The van der Waals surface area contributed by atoms with E-state index in [9.17, 15) is 0 Å². The molecular formula is C3H4N2. The molecule has 0 radical (unpaired) electrons. The number of nitrogens with zero attached hydrogens (tertiary/aromatic N) is 1. The number of rotatable bonds is 1. The van der Waals surface area contributed by atoms with Crippen molar-refractivity contribution in [2.24, 2.45) is 5.11 Å². The van der Waals surface area contributed by atoms with Crippen LogP contribution in [0.1, 0.15) is 0 Å². The normalized spacial score (nSPS) is 5.40. The molecule has 0 saturated carbocycles. The molecule has 0 rings (SSSR count). The Morgan fingerprint density at radius 3 is 2.60 bits per heavy atom. The van der Waals surface area contributed by atoms with Crippen LogP contribution in [0.4, 0.5) is 0 Å². The number of terminal acetylenes is 1. The fourth-order valence-corrected chi connectivity index (χ4v) is 0.0456. The van der Waals surface area contributed by atoms with Crippen LogP contribution in [-0.2, 0) is 0 Å². The van der Waals surface area contributed by atoms with E-state index in [1.807, 2.05) is 0 Å². The second-order valence-electron chi connectivity index (χ2n) is 0.520. The monoisotopic (exact) mass is 68.0 g/mol. The predicted molar refractivity (Wildman–Crippen MR) is 18.8 cm³/mol. The Balaban J connectivity index is 2.75. The Labute approximate surface area is 30.7 Å². The second kappa shape index (κ2) is 3.16. The van der Waals surface area contributed by atoms with Gasteiger partial charge >= 0.3 is 0 Å². The SMILES string of the molecule is C#CCN=N. The molecule has 0 aliphatic heterocycles. The van der Waals surface area contributed by atoms with Crippen LogP contribution in [0.3, 0.4) is 0 Å². The maximum atomic E-state index is 6.09. The highest BCUT2D eigenvalue weighted by molar-refractivity contribution is 4.84. The zero-order chi connectivity index (χ0) is 4.12. The third kappa shape index (κ3) is 3.16. The molecule has 0 heterocycles. The Hall–Kier alpha value is -0.840. The van der Waals surface area contributed by atoms with E-state index >= 15 is 0 Å². The van der Waals surface area contributed by atoms with Crippen molar-refractivity contribution in [2.45, 2.75) is 0 Å². The van der Waals surface area contributed by atoms with Crippen molar-refractivity contribution in [2.75, 3.05) is 6.54 Å². The van der Waals surface area contributed by atoms with Crippen molar-refractivity contribution < 1.29 is 0 Å². The molecule has 0 aliphatic carbocycles. The zero-order valence-electron chi connectivity index (χ0n) is 2.73. The minimum Gasteiger partial charge on any atom is -0.209 e. The van der Waals surface area contributed by atoms with E-state index in [-0.39, 0.29) is 6.54 Å². The molecule has 2 heteroatoms. The molecule has 0 fully saturated rings. The van der Waals surface area contributed by atoms with Gasteiger partial charge in [-0.1, -0.05) is 5.92 Å². The van der Waals surface area contributed by atoms with E-state index in [1.54, 1.807) is 0 Å². The largest absolute Gasteiger partial charge is 0.209 e. The lowest BCUT2D eigenvalue weighted by Gasteiger charge is -1.60. The Kier molecular flexibility index (Phi) is 2.63. The van der Waals surface area contributed by atoms with Crippen molar-refractivity contribution in [3.05, 3.63) is 0 Å². The van der Waals surface area contributed by atoms with Gasteiger partial charge < -0.3 is 0 Å². The minimum absolute atomic E-state index is 0.208. The van der Waals surface area contributed by atoms with Gasteiger partial charge in [-0.3, -0.25) is 0 Å². The first-order valence-electron chi connectivity index (χ1n) is 1.18. The molecule has 26 valence electrons. The van der Waals surface area contributed by atoms with Gasteiger partial charge in [-0.05, 0) is 0 Å². The molecule has 1 N–H and O–H groups in total. The lowest BCUT2D eigenvalue weighted by atomic mass is 10.7. The third-order valence-corrected chi connectivity index (χ3v) is 0.170. The highest BCUT2D eigenvalue weighted by atomic mass is 14.9. The van der Waals surface area contributed by atoms with E-state index in [1.165, 1.54) is 0 Å². The highest BCUT2D eigenvalue weighted by Crippen LogP contribution is 1.54. The highest BCUT2D eigenvalue weighted by Gasteiger charge is 1.53. The summed E-state index contributed by atoms with van der Waals surface area (Å²) in [4.78, 5) is 0. The van der Waals surface area contributed by atoms with Gasteiger partial charge in [0.15, 0.2) is 0 Å². The summed E-state index contributed by atoms with van der Waals surface area (Å²) in [5.74, 6) is 2.16. The summed E-state index contributed by atoms with van der Waals surface area (Å²) < 4.78 is 0. The lowest BCUT2D eigenvalue weighted by Crippen LogP contribution is -1.60. The molecule has 0 bridgehead atoms. The summed E-state index contributed by atoms with van der Waals surface area (Å²) in [6.07, 6.45) is 4.68. The van der Waals surface area contributed by atoms with Gasteiger partial charge in [-0.15, -0.1) is 6.42 Å². The van der Waals surface area contributed by atoms with Crippen LogP contribution in [0.25, 0.3) is 0 Å². The Morgan fingerprint density at radius 2 is 2.60 bits per heavy atom. The summed E-state index contributed by atoms with van der Waals surface area (Å²) in [5, 5.41) is 2.87. The van der Waals surface area contributed by atoms with Gasteiger partial charge in [0, 0.05) is 0 Å². The molecule has 0 aromatic rings. The maximum Gasteiger partial charge on any atom is 0.120 e. The molecule has 0 unspecified atom stereocenters. The molecule has 0 saturated heterocycles. The van der Waals surface area contributed by atoms with Crippen LogP contribution >= 0.6 is 0 Å². The molecule has 2 nitrogen and oxygen atoms in total. The van der Waals surface area contributed by atoms with Crippen LogP contribution in [0, 0.1) is 17.9 Å². The van der Waals surface area contributed by atoms with Gasteiger partial charge in [-0.2, -0.15) is 5.11 Å². The van der Waals surface area contributed by atoms with E-state index in [2.05, 4.69) is 17.5 Å². The average molecular weight is 68.1 g/mol. The zero-order valence-corrected chi connectivity index (χ0v) is 2.73. The average Bonchev–Trinajstić information content (AvgIpc) is 1.41. The summed E-state index contributed by atoms with van der Waals surface area (Å²) in [5.41, 5.74) is 6.09. The third-order valence-electron chi connectivity index (χ3n) is 0.170. The van der Waals surface area contributed by atoms with Crippen LogP contribution < -0.4 is 0 Å². The van der Waals surface area contributed by atoms with Crippen LogP contribution in [0.2, 0.25) is 0 Å². The van der Waals surface area contributed by atoms with Crippen molar-refractivity contribution in [1.82, 2.24) is 0 Å². The molecule has 0 aromatic heterocycles. The smallest absolute Gasteiger partial charge is 0.120 e. The standard InChI is InChI=1S/C3H4N2/c1-2-3-5-4/h1,4H,3H2. The van der Waals surface area contributed by atoms with E-state index in [0.717, 1.165) is 0 Å². The molecule has 0 spiro atoms. The first-order valence-corrected chi connectivity index (χ1v) is 1.18. The Bertz CT molecular complexity index is 59.8. The van der Waals surface area contributed by atoms with Gasteiger partial charge in [0.1, 0.15) is 6.54 Å². The topological polar surface area (TPSA) is 36.2 Å². The first-order chi connectivity index (χ1) is 2.41. The van der Waals surface area contributed by atoms with Crippen molar-refractivity contribution in [1.29, 1.82) is 5.53 Å². The molecule has 0 aliphatic rings. The van der Waals surface area contributed by atoms with Crippen LogP contribution in [0.15, 0.2) is 5.11 Å². The lowest BCUT2D eigenvalue weighted by molar-refractivity contribution is 1.02. The van der Waals surface area contributed by atoms with Gasteiger partial charge in [-0.25, -0.2) is 5.53 Å². The predicted octanol–water partition coefficient (Wildman–Crippen LogP) is 0.651. The molecular weight excluding hydrogens is 64.0 g/mol. The van der Waals surface area contributed by atoms with Gasteiger partial charge in [0.05, 0.1) is 0 Å². The summed E-state index contributed by atoms with van der Waals surface area (Å²) in [6.45, 7) is 0.208.